The highest BCUT2D eigenvalue weighted by Gasteiger charge is 2.11. The quantitative estimate of drug-likeness (QED) is 0.653. The van der Waals surface area contributed by atoms with Crippen molar-refractivity contribution in [1.29, 1.82) is 0 Å². The Kier molecular flexibility index (Phi) is 6.57. The minimum Gasteiger partial charge on any atom is -0.331 e. The first-order valence-electron chi connectivity index (χ1n) is 3.21. The molecule has 0 spiro atoms. The van der Waals surface area contributed by atoms with Gasteiger partial charge in [-0.15, -0.1) is 0 Å². The van der Waals surface area contributed by atoms with Crippen LogP contribution >= 0.6 is 27.4 Å². The summed E-state index contributed by atoms with van der Waals surface area (Å²) in [4.78, 5) is -1.99. The monoisotopic (exact) mass is 218 g/mol. The van der Waals surface area contributed by atoms with Crippen LogP contribution in [0.2, 0.25) is 0 Å². The molecule has 0 aromatic rings. The minimum absolute atomic E-state index is 0.623. The molecule has 0 N–H and O–H groups in total. The minimum atomic E-state index is -1.99. The molecule has 0 fully saturated rings. The molecule has 0 aliphatic carbocycles. The van der Waals surface area contributed by atoms with Crippen molar-refractivity contribution in [1.82, 2.24) is 0 Å². The summed E-state index contributed by atoms with van der Waals surface area (Å²) in [6.45, 7) is 4.64. The first-order chi connectivity index (χ1) is 4.62. The van der Waals surface area contributed by atoms with E-state index in [2.05, 4.69) is 6.92 Å². The second kappa shape index (κ2) is 5.84. The lowest BCUT2D eigenvalue weighted by molar-refractivity contribution is 0.392. The highest BCUT2D eigenvalue weighted by atomic mass is 35.7. The van der Waals surface area contributed by atoms with Crippen molar-refractivity contribution in [2.45, 2.75) is 20.3 Å². The SMILES string of the molecule is CCCSP(=S)(Cl)OCC. The van der Waals surface area contributed by atoms with Gasteiger partial charge in [0, 0.05) is 5.75 Å². The van der Waals surface area contributed by atoms with E-state index in [1.807, 2.05) is 6.92 Å². The average Bonchev–Trinajstić information content (AvgIpc) is 1.84. The Bertz CT molecular complexity index is 131. The van der Waals surface area contributed by atoms with Gasteiger partial charge in [-0.2, -0.15) is 0 Å². The van der Waals surface area contributed by atoms with Crippen molar-refractivity contribution < 1.29 is 4.52 Å². The summed E-state index contributed by atoms with van der Waals surface area (Å²) in [5.74, 6) is 1.00. The van der Waals surface area contributed by atoms with Crippen LogP contribution in [0.25, 0.3) is 0 Å². The molecule has 0 aliphatic heterocycles. The zero-order chi connectivity index (χ0) is 8.04. The van der Waals surface area contributed by atoms with Crippen molar-refractivity contribution in [3.63, 3.8) is 0 Å². The van der Waals surface area contributed by atoms with E-state index in [-0.39, 0.29) is 0 Å². The zero-order valence-electron chi connectivity index (χ0n) is 6.17. The molecule has 5 heteroatoms. The van der Waals surface area contributed by atoms with E-state index in [0.29, 0.717) is 6.61 Å². The van der Waals surface area contributed by atoms with Crippen LogP contribution in [0, 0.1) is 0 Å². The molecule has 0 rings (SSSR count). The molecular formula is C5H12ClOPS2. The van der Waals surface area contributed by atoms with Gasteiger partial charge in [0.2, 0.25) is 4.82 Å². The van der Waals surface area contributed by atoms with Crippen molar-refractivity contribution in [3.8, 4) is 0 Å². The summed E-state index contributed by atoms with van der Waals surface area (Å²) < 4.78 is 5.19. The van der Waals surface area contributed by atoms with E-state index in [1.54, 1.807) is 11.4 Å². The molecule has 10 heavy (non-hydrogen) atoms. The maximum Gasteiger partial charge on any atom is 0.207 e. The third-order valence-corrected chi connectivity index (χ3v) is 6.42. The van der Waals surface area contributed by atoms with Gasteiger partial charge in [-0.05, 0) is 36.4 Å². The summed E-state index contributed by atoms with van der Waals surface area (Å²) in [7, 11) is 0. The molecule has 0 aromatic carbocycles. The molecule has 62 valence electrons. The van der Waals surface area contributed by atoms with E-state index in [9.17, 15) is 0 Å². The highest BCUT2D eigenvalue weighted by Crippen LogP contribution is 2.64. The third-order valence-electron chi connectivity index (χ3n) is 0.733. The van der Waals surface area contributed by atoms with Gasteiger partial charge in [0.1, 0.15) is 0 Å². The zero-order valence-corrected chi connectivity index (χ0v) is 9.45. The van der Waals surface area contributed by atoms with Gasteiger partial charge in [-0.25, -0.2) is 0 Å². The van der Waals surface area contributed by atoms with Gasteiger partial charge < -0.3 is 4.52 Å². The van der Waals surface area contributed by atoms with Crippen LogP contribution in [0.3, 0.4) is 0 Å². The fraction of sp³-hybridized carbons (Fsp3) is 1.00. The fourth-order valence-electron chi connectivity index (χ4n) is 0.392. The van der Waals surface area contributed by atoms with Crippen molar-refractivity contribution in [2.75, 3.05) is 12.4 Å². The second-order valence-corrected chi connectivity index (χ2v) is 10.7. The molecule has 0 radical (unpaired) electrons. The van der Waals surface area contributed by atoms with Gasteiger partial charge >= 0.3 is 0 Å². The second-order valence-electron chi connectivity index (χ2n) is 1.68. The highest BCUT2D eigenvalue weighted by molar-refractivity contribution is 8.76. The van der Waals surface area contributed by atoms with Crippen LogP contribution in [0.4, 0.5) is 0 Å². The van der Waals surface area contributed by atoms with Gasteiger partial charge in [0.05, 0.1) is 6.61 Å². The van der Waals surface area contributed by atoms with Gasteiger partial charge in [0.15, 0.2) is 0 Å². The number of hydrogen-bond acceptors (Lipinski definition) is 3. The average molecular weight is 219 g/mol. The predicted octanol–water partition coefficient (Wildman–Crippen LogP) is 3.63. The Morgan fingerprint density at radius 3 is 2.60 bits per heavy atom. The van der Waals surface area contributed by atoms with E-state index in [4.69, 9.17) is 27.6 Å². The summed E-state index contributed by atoms with van der Waals surface area (Å²) in [6, 6.07) is 0. The molecule has 0 saturated heterocycles. The van der Waals surface area contributed by atoms with Gasteiger partial charge in [-0.3, -0.25) is 0 Å². The molecule has 0 aromatic heterocycles. The maximum atomic E-state index is 5.88. The van der Waals surface area contributed by atoms with Crippen molar-refractivity contribution in [2.24, 2.45) is 0 Å². The maximum absolute atomic E-state index is 5.88. The summed E-state index contributed by atoms with van der Waals surface area (Å²) in [5, 5.41) is 0. The Morgan fingerprint density at radius 2 is 2.20 bits per heavy atom. The molecule has 0 bridgehead atoms. The van der Waals surface area contributed by atoms with Gasteiger partial charge in [0.25, 0.3) is 0 Å². The van der Waals surface area contributed by atoms with Crippen LogP contribution in [0.15, 0.2) is 0 Å². The standard InChI is InChI=1S/C5H12ClOPS2/c1-3-5-10-8(6,9)7-4-2/h3-5H2,1-2H3. The topological polar surface area (TPSA) is 9.23 Å². The molecule has 0 saturated carbocycles. The number of rotatable bonds is 5. The lowest BCUT2D eigenvalue weighted by Gasteiger charge is -2.11. The van der Waals surface area contributed by atoms with Crippen LogP contribution in [0.5, 0.6) is 0 Å². The fourth-order valence-corrected chi connectivity index (χ4v) is 4.82. The first kappa shape index (κ1) is 11.2. The van der Waals surface area contributed by atoms with Crippen LogP contribution in [0.1, 0.15) is 20.3 Å². The number of hydrogen-bond donors (Lipinski definition) is 0. The normalized spacial score (nSPS) is 16.7. The largest absolute Gasteiger partial charge is 0.331 e. The van der Waals surface area contributed by atoms with Crippen molar-refractivity contribution in [3.05, 3.63) is 0 Å². The molecule has 1 atom stereocenters. The lowest BCUT2D eigenvalue weighted by Crippen LogP contribution is -1.80. The van der Waals surface area contributed by atoms with E-state index < -0.39 is 4.82 Å². The Hall–Kier alpha value is 1.25. The van der Waals surface area contributed by atoms with Crippen LogP contribution < -0.4 is 0 Å². The lowest BCUT2D eigenvalue weighted by atomic mass is 10.6. The Morgan fingerprint density at radius 1 is 1.60 bits per heavy atom. The van der Waals surface area contributed by atoms with E-state index in [0.717, 1.165) is 12.2 Å². The Balaban J connectivity index is 3.53. The molecule has 0 heterocycles. The molecule has 1 nitrogen and oxygen atoms in total. The summed E-state index contributed by atoms with van der Waals surface area (Å²) >= 11 is 12.5. The Labute approximate surface area is 76.5 Å². The summed E-state index contributed by atoms with van der Waals surface area (Å²) in [5.41, 5.74) is 0. The molecule has 0 aliphatic rings. The van der Waals surface area contributed by atoms with Crippen molar-refractivity contribution >= 4 is 39.2 Å². The molecule has 1 unspecified atom stereocenters. The summed E-state index contributed by atoms with van der Waals surface area (Å²) in [6.07, 6.45) is 1.10. The van der Waals surface area contributed by atoms with Crippen LogP contribution in [-0.4, -0.2) is 12.4 Å². The first-order valence-corrected chi connectivity index (χ1v) is 8.42. The van der Waals surface area contributed by atoms with E-state index in [1.165, 1.54) is 0 Å². The molecule has 0 amide bonds. The van der Waals surface area contributed by atoms with E-state index >= 15 is 0 Å². The van der Waals surface area contributed by atoms with Crippen LogP contribution in [-0.2, 0) is 16.3 Å². The smallest absolute Gasteiger partial charge is 0.207 e. The third kappa shape index (κ3) is 5.99. The van der Waals surface area contributed by atoms with Gasteiger partial charge in [-0.1, -0.05) is 18.3 Å². The predicted molar refractivity (Wildman–Crippen MR) is 54.5 cm³/mol. The number of halogens is 1. The molecular weight excluding hydrogens is 207 g/mol.